The monoisotopic (exact) mass is 498 g/mol. The van der Waals surface area contributed by atoms with Crippen molar-refractivity contribution in [1.82, 2.24) is 9.97 Å². The van der Waals surface area contributed by atoms with Gasteiger partial charge in [-0.1, -0.05) is 18.1 Å². The summed E-state index contributed by atoms with van der Waals surface area (Å²) in [6.07, 6.45) is -0.861. The molecule has 1 fully saturated rings. The van der Waals surface area contributed by atoms with Crippen LogP contribution in [0.5, 0.6) is 0 Å². The zero-order valence-electron chi connectivity index (χ0n) is 19.0. The molecule has 4 rings (SSSR count). The molecule has 1 amide bonds. The summed E-state index contributed by atoms with van der Waals surface area (Å²) >= 11 is 0. The summed E-state index contributed by atoms with van der Waals surface area (Å²) in [6.45, 7) is 0.569. The van der Waals surface area contributed by atoms with Gasteiger partial charge < -0.3 is 15.8 Å². The van der Waals surface area contributed by atoms with Crippen LogP contribution in [0.4, 0.5) is 29.1 Å². The number of hydrogen-bond donors (Lipinski definition) is 2. The molecule has 3 N–H and O–H groups in total. The topological polar surface area (TPSA) is 90.1 Å². The molecule has 1 aliphatic rings. The van der Waals surface area contributed by atoms with Crippen LogP contribution in [0.25, 0.3) is 0 Å². The van der Waals surface area contributed by atoms with Crippen molar-refractivity contribution in [3.8, 4) is 11.8 Å². The average molecular weight is 498 g/mol. The summed E-state index contributed by atoms with van der Waals surface area (Å²) in [5, 5.41) is 2.50. The zero-order chi connectivity index (χ0) is 25.7. The molecule has 1 aliphatic heterocycles. The van der Waals surface area contributed by atoms with Crippen LogP contribution in [0, 0.1) is 23.6 Å². The van der Waals surface area contributed by atoms with Gasteiger partial charge in [0.15, 0.2) is 0 Å². The summed E-state index contributed by atoms with van der Waals surface area (Å²) in [7, 11) is 0. The molecule has 0 radical (unpaired) electrons. The number of benzene rings is 1. The van der Waals surface area contributed by atoms with Gasteiger partial charge >= 0.3 is 0 Å². The Bertz CT molecular complexity index is 1300. The second kappa shape index (κ2) is 11.2. The van der Waals surface area contributed by atoms with E-state index in [0.717, 1.165) is 25.0 Å². The van der Waals surface area contributed by atoms with Gasteiger partial charge in [-0.15, -0.1) is 0 Å². The van der Waals surface area contributed by atoms with Crippen LogP contribution < -0.4 is 11.1 Å². The molecule has 0 spiro atoms. The third kappa shape index (κ3) is 6.17. The fraction of sp³-hybridized carbons (Fsp3) is 0.269. The minimum atomic E-state index is -2.75. The van der Waals surface area contributed by atoms with E-state index in [2.05, 4.69) is 27.1 Å². The molecule has 36 heavy (non-hydrogen) atoms. The SMILES string of the molecule is Nc1c([C@H]2CCCO2)cc(F)nc1C#Cc1ccnc(NC(=O)[C@H](CC(F)F)c2ccc(F)cc2)c1. The number of nitrogens with zero attached hydrogens (tertiary/aromatic N) is 2. The number of carbonyl (C=O) groups is 1. The third-order valence-corrected chi connectivity index (χ3v) is 5.68. The lowest BCUT2D eigenvalue weighted by molar-refractivity contribution is -0.118. The summed E-state index contributed by atoms with van der Waals surface area (Å²) in [6, 6.07) is 9.02. The smallest absolute Gasteiger partial charge is 0.239 e. The van der Waals surface area contributed by atoms with Gasteiger partial charge in [0.2, 0.25) is 18.3 Å². The first-order valence-electron chi connectivity index (χ1n) is 11.2. The van der Waals surface area contributed by atoms with Crippen molar-refractivity contribution in [2.45, 2.75) is 37.7 Å². The lowest BCUT2D eigenvalue weighted by Gasteiger charge is -2.16. The summed E-state index contributed by atoms with van der Waals surface area (Å²) < 4.78 is 59.2. The number of halogens is 4. The molecule has 0 unspecified atom stereocenters. The molecule has 2 atom stereocenters. The maximum atomic E-state index is 14.1. The Labute approximate surface area is 204 Å². The highest BCUT2D eigenvalue weighted by atomic mass is 19.3. The number of rotatable bonds is 6. The summed E-state index contributed by atoms with van der Waals surface area (Å²) in [5.41, 5.74) is 7.59. The Morgan fingerprint density at radius 2 is 1.94 bits per heavy atom. The van der Waals surface area contributed by atoms with E-state index >= 15 is 0 Å². The van der Waals surface area contributed by atoms with Crippen LogP contribution in [-0.4, -0.2) is 28.9 Å². The number of ether oxygens (including phenoxy) is 1. The molecular weight excluding hydrogens is 476 g/mol. The van der Waals surface area contributed by atoms with Crippen LogP contribution in [-0.2, 0) is 9.53 Å². The van der Waals surface area contributed by atoms with Gasteiger partial charge in [-0.3, -0.25) is 4.79 Å². The number of amides is 1. The maximum Gasteiger partial charge on any atom is 0.239 e. The molecule has 1 aromatic carbocycles. The van der Waals surface area contributed by atoms with E-state index in [-0.39, 0.29) is 28.9 Å². The predicted molar refractivity (Wildman–Crippen MR) is 125 cm³/mol. The van der Waals surface area contributed by atoms with Crippen LogP contribution in [0.2, 0.25) is 0 Å². The largest absolute Gasteiger partial charge is 0.396 e. The standard InChI is InChI=1S/C26H22F4N4O2/c27-17-6-4-16(5-7-17)18(13-22(28)29)26(35)34-24-12-15(9-10-32-24)3-8-20-25(31)19(14-23(30)33-20)21-2-1-11-36-21/h4-7,9-10,12,14,18,21-22H,1-2,11,13,31H2,(H,32,34,35)/t18-,21-/m1/s1. The van der Waals surface area contributed by atoms with Crippen LogP contribution in [0.1, 0.15) is 53.7 Å². The van der Waals surface area contributed by atoms with E-state index in [1.54, 1.807) is 6.07 Å². The van der Waals surface area contributed by atoms with Gasteiger partial charge in [0.1, 0.15) is 17.3 Å². The van der Waals surface area contributed by atoms with Crippen molar-refractivity contribution >= 4 is 17.4 Å². The summed E-state index contributed by atoms with van der Waals surface area (Å²) in [4.78, 5) is 20.6. The van der Waals surface area contributed by atoms with Gasteiger partial charge in [-0.25, -0.2) is 23.1 Å². The normalized spacial score (nSPS) is 15.9. The number of nitrogen functional groups attached to an aromatic ring is 1. The zero-order valence-corrected chi connectivity index (χ0v) is 19.0. The summed E-state index contributed by atoms with van der Waals surface area (Å²) in [5.74, 6) is 2.41. The highest BCUT2D eigenvalue weighted by Gasteiger charge is 2.25. The van der Waals surface area contributed by atoms with E-state index in [9.17, 15) is 22.4 Å². The molecule has 3 aromatic rings. The number of carbonyl (C=O) groups excluding carboxylic acids is 1. The number of aromatic nitrogens is 2. The quantitative estimate of drug-likeness (QED) is 0.285. The highest BCUT2D eigenvalue weighted by Crippen LogP contribution is 2.33. The third-order valence-electron chi connectivity index (χ3n) is 5.68. The second-order valence-corrected chi connectivity index (χ2v) is 8.20. The Kier molecular flexibility index (Phi) is 7.80. The van der Waals surface area contributed by atoms with E-state index in [4.69, 9.17) is 10.5 Å². The number of pyridine rings is 2. The number of alkyl halides is 2. The number of hydrogen-bond acceptors (Lipinski definition) is 5. The molecule has 10 heteroatoms. The molecular formula is C26H22F4N4O2. The van der Waals surface area contributed by atoms with Crippen molar-refractivity contribution in [2.75, 3.05) is 17.7 Å². The second-order valence-electron chi connectivity index (χ2n) is 8.20. The molecule has 0 aliphatic carbocycles. The minimum Gasteiger partial charge on any atom is -0.396 e. The number of nitrogens with two attached hydrogens (primary N) is 1. The molecule has 2 aromatic heterocycles. The highest BCUT2D eigenvalue weighted by molar-refractivity contribution is 5.95. The first-order chi connectivity index (χ1) is 17.3. The Balaban J connectivity index is 1.54. The van der Waals surface area contributed by atoms with E-state index in [1.165, 1.54) is 30.5 Å². The molecule has 186 valence electrons. The predicted octanol–water partition coefficient (Wildman–Crippen LogP) is 4.97. The molecule has 0 saturated carbocycles. The van der Waals surface area contributed by atoms with Gasteiger partial charge in [0.05, 0.1) is 17.7 Å². The minimum absolute atomic E-state index is 0.0520. The van der Waals surface area contributed by atoms with Crippen molar-refractivity contribution in [1.29, 1.82) is 0 Å². The van der Waals surface area contributed by atoms with Crippen LogP contribution in [0.3, 0.4) is 0 Å². The fourth-order valence-electron chi connectivity index (χ4n) is 3.92. The Morgan fingerprint density at radius 1 is 1.17 bits per heavy atom. The van der Waals surface area contributed by atoms with E-state index in [1.807, 2.05) is 0 Å². The fourth-order valence-corrected chi connectivity index (χ4v) is 3.92. The number of nitrogens with one attached hydrogen (secondary N) is 1. The van der Waals surface area contributed by atoms with Crippen molar-refractivity contribution in [2.24, 2.45) is 0 Å². The van der Waals surface area contributed by atoms with E-state index < -0.39 is 36.4 Å². The Morgan fingerprint density at radius 3 is 2.64 bits per heavy atom. The molecule has 3 heterocycles. The van der Waals surface area contributed by atoms with Crippen molar-refractivity contribution < 1.29 is 27.1 Å². The number of anilines is 2. The lowest BCUT2D eigenvalue weighted by Crippen LogP contribution is -2.23. The first kappa shape index (κ1) is 25.1. The van der Waals surface area contributed by atoms with Crippen molar-refractivity contribution in [3.63, 3.8) is 0 Å². The molecule has 1 saturated heterocycles. The van der Waals surface area contributed by atoms with Gasteiger partial charge in [0.25, 0.3) is 0 Å². The van der Waals surface area contributed by atoms with Gasteiger partial charge in [-0.2, -0.15) is 4.39 Å². The van der Waals surface area contributed by atoms with Gasteiger partial charge in [0, 0.05) is 36.4 Å². The first-order valence-corrected chi connectivity index (χ1v) is 11.2. The average Bonchev–Trinajstić information content (AvgIpc) is 3.38. The molecule has 6 nitrogen and oxygen atoms in total. The Hall–Kier alpha value is -3.97. The maximum absolute atomic E-state index is 14.1. The van der Waals surface area contributed by atoms with E-state index in [0.29, 0.717) is 17.7 Å². The van der Waals surface area contributed by atoms with Gasteiger partial charge in [-0.05, 0) is 48.6 Å². The van der Waals surface area contributed by atoms with Crippen LogP contribution in [0.15, 0.2) is 48.7 Å². The van der Waals surface area contributed by atoms with Crippen molar-refractivity contribution in [3.05, 3.63) is 82.8 Å². The van der Waals surface area contributed by atoms with Crippen LogP contribution >= 0.6 is 0 Å². The molecule has 0 bridgehead atoms. The lowest BCUT2D eigenvalue weighted by atomic mass is 9.95.